The molecule has 0 spiro atoms. The zero-order valence-corrected chi connectivity index (χ0v) is 10.4. The Morgan fingerprint density at radius 1 is 1.29 bits per heavy atom. The molecule has 2 aliphatic rings. The van der Waals surface area contributed by atoms with Gasteiger partial charge in [0, 0.05) is 18.5 Å². The van der Waals surface area contributed by atoms with Gasteiger partial charge in [0.1, 0.15) is 0 Å². The van der Waals surface area contributed by atoms with Crippen molar-refractivity contribution in [1.82, 2.24) is 5.32 Å². The minimum atomic E-state index is 0.305. The highest BCUT2D eigenvalue weighted by molar-refractivity contribution is 5.39. The van der Waals surface area contributed by atoms with Gasteiger partial charge in [0.05, 0.1) is 0 Å². The smallest absolute Gasteiger partial charge is 0.00784 e. The third-order valence-corrected chi connectivity index (χ3v) is 4.73. The Kier molecular flexibility index (Phi) is 2.93. The van der Waals surface area contributed by atoms with Gasteiger partial charge in [-0.2, -0.15) is 0 Å². The standard InChI is InChI=1S/C15H22N2/c16-11-15(7-3-8-15)14-5-2-1-4-13(14)12-6-9-17-10-12/h1-2,4-5,12,17H,3,6-11,16H2. The molecule has 3 rings (SSSR count). The highest BCUT2D eigenvalue weighted by Gasteiger charge is 2.39. The Bertz CT molecular complexity index is 384. The van der Waals surface area contributed by atoms with Gasteiger partial charge in [0.25, 0.3) is 0 Å². The molecule has 2 fully saturated rings. The summed E-state index contributed by atoms with van der Waals surface area (Å²) >= 11 is 0. The predicted molar refractivity (Wildman–Crippen MR) is 71.3 cm³/mol. The molecule has 1 aliphatic carbocycles. The van der Waals surface area contributed by atoms with Crippen LogP contribution in [0.15, 0.2) is 24.3 Å². The second kappa shape index (κ2) is 4.43. The van der Waals surface area contributed by atoms with E-state index >= 15 is 0 Å². The number of nitrogens with one attached hydrogen (secondary N) is 1. The van der Waals surface area contributed by atoms with Crippen LogP contribution in [0.3, 0.4) is 0 Å². The van der Waals surface area contributed by atoms with Crippen LogP contribution in [0.1, 0.15) is 42.7 Å². The second-order valence-corrected chi connectivity index (χ2v) is 5.61. The maximum Gasteiger partial charge on any atom is 0.00784 e. The van der Waals surface area contributed by atoms with Crippen LogP contribution >= 0.6 is 0 Å². The van der Waals surface area contributed by atoms with E-state index in [9.17, 15) is 0 Å². The van der Waals surface area contributed by atoms with Crippen LogP contribution in [0, 0.1) is 0 Å². The molecule has 3 N–H and O–H groups in total. The molecule has 1 aliphatic heterocycles. The third-order valence-electron chi connectivity index (χ3n) is 4.73. The summed E-state index contributed by atoms with van der Waals surface area (Å²) in [5.41, 5.74) is 9.46. The van der Waals surface area contributed by atoms with Crippen LogP contribution in [0.2, 0.25) is 0 Å². The van der Waals surface area contributed by atoms with Crippen LogP contribution < -0.4 is 11.1 Å². The molecule has 1 saturated heterocycles. The third kappa shape index (κ3) is 1.80. The van der Waals surface area contributed by atoms with Gasteiger partial charge in [0.15, 0.2) is 0 Å². The van der Waals surface area contributed by atoms with Crippen LogP contribution in [-0.4, -0.2) is 19.6 Å². The van der Waals surface area contributed by atoms with E-state index in [1.165, 1.54) is 25.7 Å². The fraction of sp³-hybridized carbons (Fsp3) is 0.600. The van der Waals surface area contributed by atoms with Crippen LogP contribution in [-0.2, 0) is 5.41 Å². The molecule has 2 nitrogen and oxygen atoms in total. The largest absolute Gasteiger partial charge is 0.330 e. The van der Waals surface area contributed by atoms with E-state index in [0.717, 1.165) is 19.6 Å². The topological polar surface area (TPSA) is 38.0 Å². The molecule has 1 aromatic carbocycles. The van der Waals surface area contributed by atoms with Crippen molar-refractivity contribution in [3.05, 3.63) is 35.4 Å². The van der Waals surface area contributed by atoms with Gasteiger partial charge in [-0.3, -0.25) is 0 Å². The average Bonchev–Trinajstić information content (AvgIpc) is 2.82. The van der Waals surface area contributed by atoms with E-state index in [1.54, 1.807) is 11.1 Å². The van der Waals surface area contributed by atoms with Gasteiger partial charge in [0.2, 0.25) is 0 Å². The van der Waals surface area contributed by atoms with Gasteiger partial charge in [-0.1, -0.05) is 30.7 Å². The van der Waals surface area contributed by atoms with E-state index < -0.39 is 0 Å². The lowest BCUT2D eigenvalue weighted by atomic mass is 9.62. The average molecular weight is 230 g/mol. The maximum atomic E-state index is 6.05. The second-order valence-electron chi connectivity index (χ2n) is 5.61. The SMILES string of the molecule is NCC1(c2ccccc2C2CCNC2)CCC1. The first-order valence-corrected chi connectivity index (χ1v) is 6.86. The summed E-state index contributed by atoms with van der Waals surface area (Å²) in [7, 11) is 0. The van der Waals surface area contributed by atoms with Crippen molar-refractivity contribution >= 4 is 0 Å². The van der Waals surface area contributed by atoms with Crippen molar-refractivity contribution in [1.29, 1.82) is 0 Å². The first-order chi connectivity index (χ1) is 8.36. The van der Waals surface area contributed by atoms with Crippen LogP contribution in [0.25, 0.3) is 0 Å². The highest BCUT2D eigenvalue weighted by atomic mass is 14.9. The molecule has 0 radical (unpaired) electrons. The Morgan fingerprint density at radius 3 is 2.71 bits per heavy atom. The Balaban J connectivity index is 1.98. The molecule has 1 saturated carbocycles. The minimum Gasteiger partial charge on any atom is -0.330 e. The lowest BCUT2D eigenvalue weighted by Crippen LogP contribution is -2.42. The van der Waals surface area contributed by atoms with Gasteiger partial charge >= 0.3 is 0 Å². The lowest BCUT2D eigenvalue weighted by molar-refractivity contribution is 0.250. The minimum absolute atomic E-state index is 0.305. The normalized spacial score (nSPS) is 26.8. The van der Waals surface area contributed by atoms with Crippen molar-refractivity contribution in [2.45, 2.75) is 37.0 Å². The van der Waals surface area contributed by atoms with E-state index in [0.29, 0.717) is 11.3 Å². The van der Waals surface area contributed by atoms with Crippen LogP contribution in [0.5, 0.6) is 0 Å². The quantitative estimate of drug-likeness (QED) is 0.835. The van der Waals surface area contributed by atoms with Gasteiger partial charge in [-0.15, -0.1) is 0 Å². The zero-order chi connectivity index (χ0) is 11.7. The lowest BCUT2D eigenvalue weighted by Gasteiger charge is -2.43. The molecule has 1 heterocycles. The van der Waals surface area contributed by atoms with E-state index in [4.69, 9.17) is 5.73 Å². The maximum absolute atomic E-state index is 6.05. The summed E-state index contributed by atoms with van der Waals surface area (Å²) in [5, 5.41) is 3.47. The molecule has 0 bridgehead atoms. The molecule has 1 unspecified atom stereocenters. The molecule has 0 amide bonds. The van der Waals surface area contributed by atoms with Gasteiger partial charge < -0.3 is 11.1 Å². The molecular weight excluding hydrogens is 208 g/mol. The first kappa shape index (κ1) is 11.2. The van der Waals surface area contributed by atoms with Crippen LogP contribution in [0.4, 0.5) is 0 Å². The molecule has 92 valence electrons. The molecular formula is C15H22N2. The molecule has 2 heteroatoms. The fourth-order valence-corrected chi connectivity index (χ4v) is 3.44. The Morgan fingerprint density at radius 2 is 2.12 bits per heavy atom. The fourth-order valence-electron chi connectivity index (χ4n) is 3.44. The summed E-state index contributed by atoms with van der Waals surface area (Å²) in [5.74, 6) is 0.704. The highest BCUT2D eigenvalue weighted by Crippen LogP contribution is 2.45. The number of hydrogen-bond donors (Lipinski definition) is 2. The van der Waals surface area contributed by atoms with Gasteiger partial charge in [-0.05, 0) is 42.9 Å². The van der Waals surface area contributed by atoms with E-state index in [2.05, 4.69) is 29.6 Å². The van der Waals surface area contributed by atoms with Crippen molar-refractivity contribution < 1.29 is 0 Å². The molecule has 0 aromatic heterocycles. The van der Waals surface area contributed by atoms with Crippen molar-refractivity contribution in [3.8, 4) is 0 Å². The summed E-state index contributed by atoms with van der Waals surface area (Å²) in [4.78, 5) is 0. The monoisotopic (exact) mass is 230 g/mol. The van der Waals surface area contributed by atoms with Crippen molar-refractivity contribution in [2.24, 2.45) is 5.73 Å². The van der Waals surface area contributed by atoms with Crippen molar-refractivity contribution in [3.63, 3.8) is 0 Å². The van der Waals surface area contributed by atoms with E-state index in [1.807, 2.05) is 0 Å². The molecule has 1 aromatic rings. The van der Waals surface area contributed by atoms with E-state index in [-0.39, 0.29) is 0 Å². The summed E-state index contributed by atoms with van der Waals surface area (Å²) in [6, 6.07) is 9.00. The molecule has 17 heavy (non-hydrogen) atoms. The Labute approximate surface area is 104 Å². The summed E-state index contributed by atoms with van der Waals surface area (Å²) in [6.45, 7) is 3.11. The predicted octanol–water partition coefficient (Wildman–Crippen LogP) is 2.14. The van der Waals surface area contributed by atoms with Crippen molar-refractivity contribution in [2.75, 3.05) is 19.6 Å². The number of hydrogen-bond acceptors (Lipinski definition) is 2. The number of nitrogens with two attached hydrogens (primary N) is 1. The Hall–Kier alpha value is -0.860. The summed E-state index contributed by atoms with van der Waals surface area (Å²) in [6.07, 6.45) is 5.17. The first-order valence-electron chi connectivity index (χ1n) is 6.86. The number of benzene rings is 1. The molecule has 1 atom stereocenters. The summed E-state index contributed by atoms with van der Waals surface area (Å²) < 4.78 is 0. The number of rotatable bonds is 3. The zero-order valence-electron chi connectivity index (χ0n) is 10.4. The van der Waals surface area contributed by atoms with Gasteiger partial charge in [-0.25, -0.2) is 0 Å².